The van der Waals surface area contributed by atoms with E-state index in [-0.39, 0.29) is 24.5 Å². The Kier molecular flexibility index (Phi) is 6.08. The van der Waals surface area contributed by atoms with Gasteiger partial charge in [-0.2, -0.15) is 0 Å². The Balaban J connectivity index is 1.74. The number of aromatic nitrogens is 2. The first-order valence-electron chi connectivity index (χ1n) is 10.2. The van der Waals surface area contributed by atoms with Crippen LogP contribution in [-0.2, 0) is 25.9 Å². The summed E-state index contributed by atoms with van der Waals surface area (Å²) in [7, 11) is 0. The molecule has 0 unspecified atom stereocenters. The summed E-state index contributed by atoms with van der Waals surface area (Å²) < 4.78 is 2.47. The fourth-order valence-electron chi connectivity index (χ4n) is 3.55. The van der Waals surface area contributed by atoms with Crippen molar-refractivity contribution in [1.82, 2.24) is 9.13 Å². The minimum absolute atomic E-state index is 0.0689. The summed E-state index contributed by atoms with van der Waals surface area (Å²) in [6, 6.07) is 19.4. The molecule has 4 rings (SSSR count). The van der Waals surface area contributed by atoms with Crippen LogP contribution < -0.4 is 11.2 Å². The number of aryl methyl sites for hydroxylation is 2. The second-order valence-electron chi connectivity index (χ2n) is 7.31. The lowest BCUT2D eigenvalue weighted by Gasteiger charge is -2.15. The average molecular weight is 413 g/mol. The number of benzene rings is 2. The number of rotatable bonds is 7. The highest BCUT2D eigenvalue weighted by Gasteiger charge is 2.18. The summed E-state index contributed by atoms with van der Waals surface area (Å²) in [6.45, 7) is 0.484. The molecule has 0 bridgehead atoms. The largest absolute Gasteiger partial charge is 0.494 e. The second-order valence-corrected chi connectivity index (χ2v) is 7.31. The lowest BCUT2D eigenvalue weighted by atomic mass is 10.1. The highest BCUT2D eigenvalue weighted by atomic mass is 16.3. The number of allylic oxidation sites excluding steroid dienone is 2. The van der Waals surface area contributed by atoms with E-state index in [2.05, 4.69) is 4.99 Å². The summed E-state index contributed by atoms with van der Waals surface area (Å²) in [4.78, 5) is 30.4. The van der Waals surface area contributed by atoms with Gasteiger partial charge in [0.05, 0.1) is 5.70 Å². The van der Waals surface area contributed by atoms with Crippen molar-refractivity contribution in [2.45, 2.75) is 25.9 Å². The topological polar surface area (TPSA) is 76.6 Å². The van der Waals surface area contributed by atoms with Gasteiger partial charge in [-0.25, -0.2) is 4.79 Å². The van der Waals surface area contributed by atoms with Crippen molar-refractivity contribution in [2.75, 3.05) is 0 Å². The maximum atomic E-state index is 13.1. The van der Waals surface area contributed by atoms with E-state index in [1.807, 2.05) is 60.7 Å². The van der Waals surface area contributed by atoms with Crippen LogP contribution in [0.2, 0.25) is 0 Å². The van der Waals surface area contributed by atoms with Crippen LogP contribution in [0.15, 0.2) is 93.1 Å². The van der Waals surface area contributed by atoms with Crippen LogP contribution in [0.1, 0.15) is 16.7 Å². The summed E-state index contributed by atoms with van der Waals surface area (Å²) in [5.74, 6) is -0.329. The molecule has 2 aromatic carbocycles. The Labute approximate surface area is 179 Å². The zero-order valence-corrected chi connectivity index (χ0v) is 17.0. The molecule has 0 saturated carbocycles. The van der Waals surface area contributed by atoms with Gasteiger partial charge in [0.2, 0.25) is 5.88 Å². The normalized spacial score (nSPS) is 13.9. The van der Waals surface area contributed by atoms with Crippen molar-refractivity contribution in [3.8, 4) is 5.88 Å². The standard InChI is InChI=1S/C25H23N3O3/c29-23-22(18-21-12-7-15-26-21)24(30)28(17-14-20-10-5-2-6-11-20)25(31)27(23)16-13-19-8-3-1-4-9-19/h1-12,15,18,29H,13-14,16-17H2/b21-18+. The first kappa shape index (κ1) is 20.3. The molecule has 156 valence electrons. The zero-order valence-electron chi connectivity index (χ0n) is 17.0. The van der Waals surface area contributed by atoms with Crippen LogP contribution in [0.25, 0.3) is 6.08 Å². The van der Waals surface area contributed by atoms with Crippen LogP contribution in [0.4, 0.5) is 0 Å². The lowest BCUT2D eigenvalue weighted by Crippen LogP contribution is -2.41. The van der Waals surface area contributed by atoms with E-state index in [1.54, 1.807) is 18.4 Å². The van der Waals surface area contributed by atoms with Crippen LogP contribution in [-0.4, -0.2) is 20.5 Å². The average Bonchev–Trinajstić information content (AvgIpc) is 3.31. The van der Waals surface area contributed by atoms with Gasteiger partial charge in [0, 0.05) is 19.3 Å². The van der Waals surface area contributed by atoms with Crippen molar-refractivity contribution in [3.05, 3.63) is 116 Å². The maximum Gasteiger partial charge on any atom is 0.333 e. The molecule has 3 aromatic rings. The van der Waals surface area contributed by atoms with Gasteiger partial charge in [-0.3, -0.25) is 18.9 Å². The Bertz CT molecular complexity index is 1250. The Morgan fingerprint density at radius 2 is 1.42 bits per heavy atom. The number of aliphatic imine (C=N–C) groups is 1. The molecule has 0 spiro atoms. The molecule has 1 N–H and O–H groups in total. The SMILES string of the molecule is O=c1c(/C=C2\C=CC=N2)c(O)n(CCc2ccccc2)c(=O)n1CCc1ccccc1. The predicted octanol–water partition coefficient (Wildman–Crippen LogP) is 3.18. The van der Waals surface area contributed by atoms with E-state index in [0.717, 1.165) is 11.1 Å². The molecule has 1 aromatic heterocycles. The minimum atomic E-state index is -0.516. The van der Waals surface area contributed by atoms with E-state index in [1.165, 1.54) is 15.2 Å². The molecule has 0 atom stereocenters. The van der Waals surface area contributed by atoms with Crippen molar-refractivity contribution in [1.29, 1.82) is 0 Å². The maximum absolute atomic E-state index is 13.1. The molecule has 1 aliphatic rings. The van der Waals surface area contributed by atoms with Gasteiger partial charge in [-0.05, 0) is 42.2 Å². The molecule has 0 radical (unpaired) electrons. The van der Waals surface area contributed by atoms with Crippen LogP contribution in [0.5, 0.6) is 5.88 Å². The van der Waals surface area contributed by atoms with Gasteiger partial charge in [-0.15, -0.1) is 0 Å². The van der Waals surface area contributed by atoms with E-state index < -0.39 is 11.2 Å². The predicted molar refractivity (Wildman–Crippen MR) is 123 cm³/mol. The van der Waals surface area contributed by atoms with Crippen LogP contribution >= 0.6 is 0 Å². The second kappa shape index (κ2) is 9.26. The fraction of sp³-hybridized carbons (Fsp3) is 0.160. The Hall–Kier alpha value is -3.93. The van der Waals surface area contributed by atoms with Crippen molar-refractivity contribution in [2.24, 2.45) is 4.99 Å². The molecule has 0 amide bonds. The van der Waals surface area contributed by atoms with Gasteiger partial charge in [0.25, 0.3) is 5.56 Å². The van der Waals surface area contributed by atoms with Crippen molar-refractivity contribution < 1.29 is 5.11 Å². The Morgan fingerprint density at radius 3 is 1.97 bits per heavy atom. The summed E-state index contributed by atoms with van der Waals surface area (Å²) in [5, 5.41) is 10.8. The fourth-order valence-corrected chi connectivity index (χ4v) is 3.55. The highest BCUT2D eigenvalue weighted by molar-refractivity contribution is 5.79. The van der Waals surface area contributed by atoms with Crippen molar-refractivity contribution >= 4 is 12.3 Å². The molecule has 0 fully saturated rings. The monoisotopic (exact) mass is 413 g/mol. The van der Waals surface area contributed by atoms with Crippen LogP contribution in [0, 0.1) is 0 Å². The Morgan fingerprint density at radius 1 is 0.839 bits per heavy atom. The van der Waals surface area contributed by atoms with Gasteiger partial charge >= 0.3 is 5.69 Å². The van der Waals surface area contributed by atoms with Gasteiger partial charge in [0.15, 0.2) is 0 Å². The third kappa shape index (κ3) is 4.64. The number of aromatic hydroxyl groups is 1. The molecular weight excluding hydrogens is 390 g/mol. The van der Waals surface area contributed by atoms with Gasteiger partial charge in [0.1, 0.15) is 5.56 Å². The van der Waals surface area contributed by atoms with Gasteiger partial charge < -0.3 is 5.11 Å². The quantitative estimate of drug-likeness (QED) is 0.646. The first-order valence-corrected chi connectivity index (χ1v) is 10.2. The molecule has 6 nitrogen and oxygen atoms in total. The summed E-state index contributed by atoms with van der Waals surface area (Å²) in [6.07, 6.45) is 7.72. The smallest absolute Gasteiger partial charge is 0.333 e. The lowest BCUT2D eigenvalue weighted by molar-refractivity contribution is 0.386. The first-order chi connectivity index (χ1) is 15.1. The molecular formula is C25H23N3O3. The van der Waals surface area contributed by atoms with Crippen molar-refractivity contribution in [3.63, 3.8) is 0 Å². The molecule has 31 heavy (non-hydrogen) atoms. The number of nitrogens with zero attached hydrogens (tertiary/aromatic N) is 3. The van der Waals surface area contributed by atoms with E-state index >= 15 is 0 Å². The molecule has 6 heteroatoms. The summed E-state index contributed by atoms with van der Waals surface area (Å²) >= 11 is 0. The zero-order chi connectivity index (χ0) is 21.6. The molecule has 0 aliphatic carbocycles. The van der Waals surface area contributed by atoms with Crippen LogP contribution in [0.3, 0.4) is 0 Å². The van der Waals surface area contributed by atoms with Gasteiger partial charge in [-0.1, -0.05) is 60.7 Å². The number of hydrogen-bond donors (Lipinski definition) is 1. The third-order valence-corrected chi connectivity index (χ3v) is 5.24. The van der Waals surface area contributed by atoms with E-state index in [4.69, 9.17) is 0 Å². The number of hydrogen-bond acceptors (Lipinski definition) is 4. The third-order valence-electron chi connectivity index (χ3n) is 5.24. The van der Waals surface area contributed by atoms with E-state index in [9.17, 15) is 14.7 Å². The highest BCUT2D eigenvalue weighted by Crippen LogP contribution is 2.18. The molecule has 2 heterocycles. The molecule has 0 saturated heterocycles. The minimum Gasteiger partial charge on any atom is -0.494 e. The van der Waals surface area contributed by atoms with E-state index in [0.29, 0.717) is 18.5 Å². The summed E-state index contributed by atoms with van der Waals surface area (Å²) in [5.41, 5.74) is 1.66. The molecule has 1 aliphatic heterocycles.